The van der Waals surface area contributed by atoms with Crippen molar-refractivity contribution in [1.29, 1.82) is 0 Å². The summed E-state index contributed by atoms with van der Waals surface area (Å²) in [7, 11) is 3.26. The van der Waals surface area contributed by atoms with Crippen molar-refractivity contribution in [3.8, 4) is 5.75 Å². The SMILES string of the molecule is COc1ccc(CS(=O)(=O)Cl)c(SC)c1. The van der Waals surface area contributed by atoms with E-state index in [0.29, 0.717) is 11.3 Å². The van der Waals surface area contributed by atoms with Crippen molar-refractivity contribution in [3.63, 3.8) is 0 Å². The molecule has 1 aromatic rings. The Morgan fingerprint density at radius 3 is 2.60 bits per heavy atom. The maximum Gasteiger partial charge on any atom is 0.236 e. The summed E-state index contributed by atoms with van der Waals surface area (Å²) < 4.78 is 26.9. The topological polar surface area (TPSA) is 43.4 Å². The third-order valence-electron chi connectivity index (χ3n) is 1.82. The van der Waals surface area contributed by atoms with Gasteiger partial charge in [0.05, 0.1) is 12.9 Å². The number of thioether (sulfide) groups is 1. The Morgan fingerprint density at radius 2 is 2.13 bits per heavy atom. The van der Waals surface area contributed by atoms with Gasteiger partial charge in [-0.1, -0.05) is 6.07 Å². The zero-order valence-electron chi connectivity index (χ0n) is 8.36. The first kappa shape index (κ1) is 12.7. The minimum atomic E-state index is -3.51. The number of halogens is 1. The van der Waals surface area contributed by atoms with E-state index in [1.807, 2.05) is 6.26 Å². The lowest BCUT2D eigenvalue weighted by atomic mass is 10.2. The highest BCUT2D eigenvalue weighted by atomic mass is 35.7. The number of benzene rings is 1. The number of hydrogen-bond acceptors (Lipinski definition) is 4. The number of ether oxygens (including phenoxy) is 1. The van der Waals surface area contributed by atoms with E-state index in [4.69, 9.17) is 15.4 Å². The molecule has 0 aliphatic heterocycles. The molecule has 1 aromatic carbocycles. The highest BCUT2D eigenvalue weighted by molar-refractivity contribution is 8.13. The molecule has 6 heteroatoms. The Hall–Kier alpha value is -0.390. The lowest BCUT2D eigenvalue weighted by Crippen LogP contribution is -1.97. The average molecular weight is 267 g/mol. The summed E-state index contributed by atoms with van der Waals surface area (Å²) in [6, 6.07) is 5.23. The number of rotatable bonds is 4. The van der Waals surface area contributed by atoms with Crippen LogP contribution in [0.4, 0.5) is 0 Å². The minimum absolute atomic E-state index is 0.158. The van der Waals surface area contributed by atoms with Gasteiger partial charge in [0.2, 0.25) is 9.05 Å². The molecule has 0 N–H and O–H groups in total. The van der Waals surface area contributed by atoms with Gasteiger partial charge in [-0.05, 0) is 24.0 Å². The Labute approximate surface area is 98.2 Å². The molecule has 15 heavy (non-hydrogen) atoms. The second-order valence-electron chi connectivity index (χ2n) is 2.86. The predicted molar refractivity (Wildman–Crippen MR) is 63.3 cm³/mol. The summed E-state index contributed by atoms with van der Waals surface area (Å²) in [6.07, 6.45) is 1.87. The summed E-state index contributed by atoms with van der Waals surface area (Å²) in [5.74, 6) is 0.546. The first-order valence-electron chi connectivity index (χ1n) is 4.09. The molecule has 0 fully saturated rings. The van der Waals surface area contributed by atoms with Gasteiger partial charge in [-0.2, -0.15) is 0 Å². The fourth-order valence-corrected chi connectivity index (χ4v) is 2.86. The van der Waals surface area contributed by atoms with Gasteiger partial charge in [-0.25, -0.2) is 8.42 Å². The quantitative estimate of drug-likeness (QED) is 0.620. The molecule has 0 radical (unpaired) electrons. The van der Waals surface area contributed by atoms with Crippen LogP contribution >= 0.6 is 22.4 Å². The molecule has 0 saturated carbocycles. The lowest BCUT2D eigenvalue weighted by Gasteiger charge is -2.07. The molecule has 0 atom stereocenters. The Morgan fingerprint density at radius 1 is 1.47 bits per heavy atom. The molecular formula is C9H11ClO3S2. The zero-order chi connectivity index (χ0) is 11.5. The molecule has 0 unspecified atom stereocenters. The van der Waals surface area contributed by atoms with Crippen molar-refractivity contribution in [2.75, 3.05) is 13.4 Å². The molecule has 0 aliphatic rings. The van der Waals surface area contributed by atoms with Crippen molar-refractivity contribution >= 4 is 31.5 Å². The molecule has 0 heterocycles. The second kappa shape index (κ2) is 5.09. The summed E-state index contributed by atoms with van der Waals surface area (Å²) in [5, 5.41) is 0. The molecule has 84 valence electrons. The summed E-state index contributed by atoms with van der Waals surface area (Å²) in [6.45, 7) is 0. The third-order valence-corrected chi connectivity index (χ3v) is 3.63. The maximum atomic E-state index is 10.9. The van der Waals surface area contributed by atoms with Gasteiger partial charge in [-0.15, -0.1) is 11.8 Å². The summed E-state index contributed by atoms with van der Waals surface area (Å²) >= 11 is 1.46. The molecule has 0 bridgehead atoms. The van der Waals surface area contributed by atoms with Gasteiger partial charge in [0, 0.05) is 15.6 Å². The summed E-state index contributed by atoms with van der Waals surface area (Å²) in [4.78, 5) is 0.860. The van der Waals surface area contributed by atoms with E-state index < -0.39 is 9.05 Å². The zero-order valence-corrected chi connectivity index (χ0v) is 10.7. The first-order chi connectivity index (χ1) is 6.96. The lowest BCUT2D eigenvalue weighted by molar-refractivity contribution is 0.413. The highest BCUT2D eigenvalue weighted by Gasteiger charge is 2.11. The number of methoxy groups -OCH3 is 1. The van der Waals surface area contributed by atoms with Gasteiger partial charge in [0.15, 0.2) is 0 Å². The van der Waals surface area contributed by atoms with Gasteiger partial charge >= 0.3 is 0 Å². The Kier molecular flexibility index (Phi) is 4.31. The van der Waals surface area contributed by atoms with Crippen LogP contribution in [0.2, 0.25) is 0 Å². The smallest absolute Gasteiger partial charge is 0.236 e. The van der Waals surface area contributed by atoms with E-state index in [0.717, 1.165) is 4.90 Å². The van der Waals surface area contributed by atoms with Crippen molar-refractivity contribution in [1.82, 2.24) is 0 Å². The standard InChI is InChI=1S/C9H11ClO3S2/c1-13-8-4-3-7(6-15(10,11)12)9(5-8)14-2/h3-5H,6H2,1-2H3. The van der Waals surface area contributed by atoms with E-state index in [-0.39, 0.29) is 5.75 Å². The van der Waals surface area contributed by atoms with Crippen LogP contribution in [0.15, 0.2) is 23.1 Å². The molecular weight excluding hydrogens is 256 g/mol. The van der Waals surface area contributed by atoms with E-state index in [1.165, 1.54) is 11.8 Å². The van der Waals surface area contributed by atoms with Crippen LogP contribution in [-0.4, -0.2) is 21.8 Å². The Balaban J connectivity index is 3.08. The summed E-state index contributed by atoms with van der Waals surface area (Å²) in [5.41, 5.74) is 0.693. The second-order valence-corrected chi connectivity index (χ2v) is 6.49. The van der Waals surface area contributed by atoms with Crippen molar-refractivity contribution in [3.05, 3.63) is 23.8 Å². The van der Waals surface area contributed by atoms with E-state index in [2.05, 4.69) is 0 Å². The van der Waals surface area contributed by atoms with Crippen LogP contribution < -0.4 is 4.74 Å². The van der Waals surface area contributed by atoms with Crippen molar-refractivity contribution in [2.24, 2.45) is 0 Å². The van der Waals surface area contributed by atoms with Gasteiger partial charge in [0.25, 0.3) is 0 Å². The predicted octanol–water partition coefficient (Wildman–Crippen LogP) is 2.49. The Bertz CT molecular complexity index is 443. The van der Waals surface area contributed by atoms with Crippen molar-refractivity contribution < 1.29 is 13.2 Å². The fourth-order valence-electron chi connectivity index (χ4n) is 1.16. The largest absolute Gasteiger partial charge is 0.497 e. The average Bonchev–Trinajstić information content (AvgIpc) is 2.16. The van der Waals surface area contributed by atoms with Gasteiger partial charge < -0.3 is 4.74 Å². The van der Waals surface area contributed by atoms with E-state index in [9.17, 15) is 8.42 Å². The third kappa shape index (κ3) is 3.93. The molecule has 0 aromatic heterocycles. The van der Waals surface area contributed by atoms with Crippen LogP contribution in [0.5, 0.6) is 5.75 Å². The van der Waals surface area contributed by atoms with Gasteiger partial charge in [-0.3, -0.25) is 0 Å². The molecule has 0 amide bonds. The molecule has 3 nitrogen and oxygen atoms in total. The maximum absolute atomic E-state index is 10.9. The normalized spacial score (nSPS) is 11.4. The van der Waals surface area contributed by atoms with Crippen LogP contribution in [0.1, 0.15) is 5.56 Å². The molecule has 0 spiro atoms. The van der Waals surface area contributed by atoms with Crippen LogP contribution in [-0.2, 0) is 14.8 Å². The first-order valence-corrected chi connectivity index (χ1v) is 7.80. The van der Waals surface area contributed by atoms with Crippen LogP contribution in [0.3, 0.4) is 0 Å². The van der Waals surface area contributed by atoms with Gasteiger partial charge in [0.1, 0.15) is 5.75 Å². The minimum Gasteiger partial charge on any atom is -0.497 e. The van der Waals surface area contributed by atoms with Crippen LogP contribution in [0.25, 0.3) is 0 Å². The number of hydrogen-bond donors (Lipinski definition) is 0. The molecule has 1 rings (SSSR count). The highest BCUT2D eigenvalue weighted by Crippen LogP contribution is 2.27. The fraction of sp³-hybridized carbons (Fsp3) is 0.333. The molecule has 0 saturated heterocycles. The monoisotopic (exact) mass is 266 g/mol. The van der Waals surface area contributed by atoms with E-state index >= 15 is 0 Å². The van der Waals surface area contributed by atoms with E-state index in [1.54, 1.807) is 25.3 Å². The van der Waals surface area contributed by atoms with Crippen LogP contribution in [0, 0.1) is 0 Å². The van der Waals surface area contributed by atoms with Crippen molar-refractivity contribution in [2.45, 2.75) is 10.6 Å². The molecule has 0 aliphatic carbocycles.